The van der Waals surface area contributed by atoms with Crippen molar-refractivity contribution in [2.24, 2.45) is 0 Å². The Bertz CT molecular complexity index is 1310. The number of methoxy groups -OCH3 is 1. The summed E-state index contributed by atoms with van der Waals surface area (Å²) in [7, 11) is 3.36. The van der Waals surface area contributed by atoms with E-state index in [9.17, 15) is 18.0 Å². The minimum Gasteiger partial charge on any atom is -0.379 e. The lowest BCUT2D eigenvalue weighted by atomic mass is 10.1. The number of nitrogens with zero attached hydrogens (tertiary/aromatic N) is 6. The van der Waals surface area contributed by atoms with Crippen LogP contribution in [0.25, 0.3) is 0 Å². The molecule has 0 aromatic carbocycles. The molecule has 1 aliphatic heterocycles. The first-order valence-corrected chi connectivity index (χ1v) is 11.8. The molecular weight excluding hydrogens is 489 g/mol. The number of anilines is 3. The number of carbonyl (C=O) groups excluding carboxylic acids is 1. The van der Waals surface area contributed by atoms with Crippen LogP contribution in [0.15, 0.2) is 30.7 Å². The number of rotatable bonds is 7. The fraction of sp³-hybridized carbons (Fsp3) is 0.458. The fourth-order valence-electron chi connectivity index (χ4n) is 4.66. The largest absolute Gasteiger partial charge is 0.433 e. The molecule has 13 heteroatoms. The Balaban J connectivity index is 1.24. The number of hydrogen-bond donors (Lipinski definition) is 2. The molecule has 0 bridgehead atoms. The van der Waals surface area contributed by atoms with Crippen molar-refractivity contribution in [1.29, 1.82) is 0 Å². The van der Waals surface area contributed by atoms with E-state index in [1.807, 2.05) is 17.8 Å². The van der Waals surface area contributed by atoms with Gasteiger partial charge < -0.3 is 20.3 Å². The van der Waals surface area contributed by atoms with Crippen molar-refractivity contribution < 1.29 is 22.7 Å². The Hall–Kier alpha value is -3.74. The van der Waals surface area contributed by atoms with Crippen molar-refractivity contribution >= 4 is 23.4 Å². The first-order valence-electron chi connectivity index (χ1n) is 11.8. The Morgan fingerprint density at radius 2 is 2.05 bits per heavy atom. The predicted molar refractivity (Wildman–Crippen MR) is 129 cm³/mol. The summed E-state index contributed by atoms with van der Waals surface area (Å²) in [4.78, 5) is 27.0. The monoisotopic (exact) mass is 516 g/mol. The summed E-state index contributed by atoms with van der Waals surface area (Å²) < 4.78 is 45.5. The second-order valence-corrected chi connectivity index (χ2v) is 9.38. The lowest BCUT2D eigenvalue weighted by Gasteiger charge is -2.37. The van der Waals surface area contributed by atoms with Gasteiger partial charge in [0.05, 0.1) is 24.0 Å². The van der Waals surface area contributed by atoms with Crippen molar-refractivity contribution in [3.63, 3.8) is 0 Å². The minimum atomic E-state index is -4.45. The van der Waals surface area contributed by atoms with Crippen LogP contribution in [0.4, 0.5) is 30.6 Å². The van der Waals surface area contributed by atoms with E-state index in [0.29, 0.717) is 29.7 Å². The van der Waals surface area contributed by atoms with Gasteiger partial charge in [0.25, 0.3) is 0 Å². The van der Waals surface area contributed by atoms with Crippen LogP contribution < -0.4 is 15.5 Å². The highest BCUT2D eigenvalue weighted by atomic mass is 19.4. The highest BCUT2D eigenvalue weighted by molar-refractivity contribution is 6.03. The van der Waals surface area contributed by atoms with E-state index in [1.54, 1.807) is 32.2 Å². The summed E-state index contributed by atoms with van der Waals surface area (Å²) in [6, 6.07) is 2.06. The summed E-state index contributed by atoms with van der Waals surface area (Å²) in [6.07, 6.45) is 0.949. The molecule has 0 radical (unpaired) electrons. The second-order valence-electron chi connectivity index (χ2n) is 9.38. The van der Waals surface area contributed by atoms with Gasteiger partial charge >= 0.3 is 6.18 Å². The molecule has 3 aromatic heterocycles. The zero-order valence-electron chi connectivity index (χ0n) is 20.7. The number of nitrogens with one attached hydrogen (secondary N) is 2. The van der Waals surface area contributed by atoms with Crippen molar-refractivity contribution in [3.05, 3.63) is 53.2 Å². The van der Waals surface area contributed by atoms with Gasteiger partial charge in [-0.05, 0) is 31.9 Å². The molecule has 0 saturated heterocycles. The molecule has 10 nitrogen and oxygen atoms in total. The van der Waals surface area contributed by atoms with Gasteiger partial charge in [-0.25, -0.2) is 4.98 Å². The van der Waals surface area contributed by atoms with Gasteiger partial charge in [-0.3, -0.25) is 14.5 Å². The standard InChI is InChI=1S/C24H27F3N8O2/c1-12-19-21(34(3)20(13(2)37-4)22(36)32-19)33-23(31-12)29-8-14-9-30-35(11-14)17-7-16(17)15-5-6-18(28-10-15)24(25,26)27/h5-6,9-11,13,16-17,20H,7-8H2,1-4H3,(H,32,36)(H,29,31,33)/t13-,16-,17+,20+/m1/s1. The summed E-state index contributed by atoms with van der Waals surface area (Å²) >= 11 is 0. The number of ether oxygens (including phenoxy) is 1. The van der Waals surface area contributed by atoms with Gasteiger partial charge in [0.2, 0.25) is 11.9 Å². The lowest BCUT2D eigenvalue weighted by molar-refractivity contribution is -0.141. The van der Waals surface area contributed by atoms with Crippen LogP contribution in [0, 0.1) is 6.92 Å². The molecule has 0 unspecified atom stereocenters. The molecule has 2 aliphatic rings. The first-order chi connectivity index (χ1) is 17.6. The third-order valence-electron chi connectivity index (χ3n) is 6.86. The first kappa shape index (κ1) is 24.9. The van der Waals surface area contributed by atoms with Crippen molar-refractivity contribution in [2.45, 2.75) is 57.1 Å². The highest BCUT2D eigenvalue weighted by Crippen LogP contribution is 2.51. The van der Waals surface area contributed by atoms with E-state index in [4.69, 9.17) is 4.74 Å². The molecule has 1 aliphatic carbocycles. The van der Waals surface area contributed by atoms with Crippen LogP contribution >= 0.6 is 0 Å². The second kappa shape index (κ2) is 9.29. The number of fused-ring (bicyclic) bond motifs is 1. The van der Waals surface area contributed by atoms with E-state index in [1.165, 1.54) is 12.3 Å². The zero-order valence-corrected chi connectivity index (χ0v) is 20.7. The van der Waals surface area contributed by atoms with Crippen molar-refractivity contribution in [3.8, 4) is 0 Å². The van der Waals surface area contributed by atoms with Crippen LogP contribution in [0.1, 0.15) is 47.8 Å². The normalized spacial score (nSPS) is 21.9. The van der Waals surface area contributed by atoms with Crippen LogP contribution in [-0.4, -0.2) is 56.9 Å². The molecule has 5 rings (SSSR count). The molecule has 0 spiro atoms. The molecule has 196 valence electrons. The number of pyridine rings is 1. The number of aryl methyl sites for hydroxylation is 1. The number of carbonyl (C=O) groups is 1. The fourth-order valence-corrected chi connectivity index (χ4v) is 4.66. The van der Waals surface area contributed by atoms with Gasteiger partial charge in [0.1, 0.15) is 17.4 Å². The summed E-state index contributed by atoms with van der Waals surface area (Å²) in [5.41, 5.74) is 1.99. The predicted octanol–water partition coefficient (Wildman–Crippen LogP) is 3.53. The molecular formula is C24H27F3N8O2. The van der Waals surface area contributed by atoms with E-state index in [0.717, 1.165) is 23.6 Å². The van der Waals surface area contributed by atoms with E-state index in [2.05, 4.69) is 30.7 Å². The lowest BCUT2D eigenvalue weighted by Crippen LogP contribution is -2.53. The number of alkyl halides is 3. The van der Waals surface area contributed by atoms with Crippen molar-refractivity contribution in [1.82, 2.24) is 24.7 Å². The Morgan fingerprint density at radius 3 is 2.73 bits per heavy atom. The maximum absolute atomic E-state index is 12.8. The van der Waals surface area contributed by atoms with Gasteiger partial charge in [-0.2, -0.15) is 23.3 Å². The van der Waals surface area contributed by atoms with Crippen LogP contribution in [-0.2, 0) is 22.3 Å². The SMILES string of the molecule is CO[C@H](C)[C@H]1C(=O)Nc2c(C)nc(NCc3cnn([C@H]4C[C@@H]4c4ccc(C(F)(F)F)nc4)c3)nc2N1C. The van der Waals surface area contributed by atoms with E-state index >= 15 is 0 Å². The van der Waals surface area contributed by atoms with E-state index in [-0.39, 0.29) is 24.0 Å². The molecule has 37 heavy (non-hydrogen) atoms. The minimum absolute atomic E-state index is 0.0755. The zero-order chi connectivity index (χ0) is 26.5. The molecule has 4 atom stereocenters. The van der Waals surface area contributed by atoms with Crippen LogP contribution in [0.3, 0.4) is 0 Å². The van der Waals surface area contributed by atoms with E-state index < -0.39 is 17.9 Å². The number of aromatic nitrogens is 5. The molecule has 4 heterocycles. The molecule has 2 N–H and O–H groups in total. The van der Waals surface area contributed by atoms with Crippen molar-refractivity contribution in [2.75, 3.05) is 29.7 Å². The smallest absolute Gasteiger partial charge is 0.379 e. The topological polar surface area (TPSA) is 110 Å². The summed E-state index contributed by atoms with van der Waals surface area (Å²) in [5, 5.41) is 10.5. The van der Waals surface area contributed by atoms with Gasteiger partial charge in [-0.15, -0.1) is 0 Å². The molecule has 3 aromatic rings. The Morgan fingerprint density at radius 1 is 1.27 bits per heavy atom. The molecule has 1 amide bonds. The van der Waals surface area contributed by atoms with Gasteiger partial charge in [-0.1, -0.05) is 6.07 Å². The van der Waals surface area contributed by atoms with Gasteiger partial charge in [0.15, 0.2) is 5.82 Å². The maximum atomic E-state index is 12.8. The third-order valence-corrected chi connectivity index (χ3v) is 6.86. The third kappa shape index (κ3) is 4.82. The average Bonchev–Trinajstić information content (AvgIpc) is 3.52. The number of halogens is 3. The van der Waals surface area contributed by atoms with Crippen LogP contribution in [0.5, 0.6) is 0 Å². The number of amides is 1. The van der Waals surface area contributed by atoms with Crippen LogP contribution in [0.2, 0.25) is 0 Å². The summed E-state index contributed by atoms with van der Waals surface area (Å²) in [6.45, 7) is 4.06. The summed E-state index contributed by atoms with van der Waals surface area (Å²) in [5.74, 6) is 0.922. The molecule has 1 fully saturated rings. The number of hydrogen-bond acceptors (Lipinski definition) is 8. The average molecular weight is 517 g/mol. The Labute approximate surface area is 211 Å². The Kier molecular flexibility index (Phi) is 6.26. The molecule has 1 saturated carbocycles. The quantitative estimate of drug-likeness (QED) is 0.491. The maximum Gasteiger partial charge on any atom is 0.433 e. The number of likely N-dealkylation sites (N-methyl/N-ethyl adjacent to an activating group) is 1. The highest BCUT2D eigenvalue weighted by Gasteiger charge is 2.42. The van der Waals surface area contributed by atoms with Gasteiger partial charge in [0, 0.05) is 44.6 Å².